The lowest BCUT2D eigenvalue weighted by Gasteiger charge is -2.29. The molecule has 0 bridgehead atoms. The number of furan rings is 1. The summed E-state index contributed by atoms with van der Waals surface area (Å²) in [5.74, 6) is 0.350. The van der Waals surface area contributed by atoms with Crippen LogP contribution in [0.25, 0.3) is 0 Å². The van der Waals surface area contributed by atoms with Gasteiger partial charge in [-0.2, -0.15) is 0 Å². The van der Waals surface area contributed by atoms with Crippen molar-refractivity contribution in [1.82, 2.24) is 10.2 Å². The zero-order chi connectivity index (χ0) is 18.1. The van der Waals surface area contributed by atoms with E-state index in [4.69, 9.17) is 4.42 Å². The molecule has 2 atom stereocenters. The van der Waals surface area contributed by atoms with E-state index in [1.165, 1.54) is 18.4 Å². The molecule has 2 amide bonds. The van der Waals surface area contributed by atoms with Crippen LogP contribution in [-0.2, 0) is 4.79 Å². The fourth-order valence-electron chi connectivity index (χ4n) is 3.61. The van der Waals surface area contributed by atoms with Crippen LogP contribution >= 0.6 is 11.8 Å². The Kier molecular flexibility index (Phi) is 4.72. The van der Waals surface area contributed by atoms with Crippen molar-refractivity contribution in [2.75, 3.05) is 12.3 Å². The van der Waals surface area contributed by atoms with Crippen molar-refractivity contribution in [3.63, 3.8) is 0 Å². The molecule has 1 aromatic carbocycles. The van der Waals surface area contributed by atoms with Gasteiger partial charge in [0.25, 0.3) is 5.91 Å². The van der Waals surface area contributed by atoms with E-state index in [0.29, 0.717) is 13.0 Å². The van der Waals surface area contributed by atoms with Crippen molar-refractivity contribution in [1.29, 1.82) is 0 Å². The zero-order valence-electron chi connectivity index (χ0n) is 14.1. The second-order valence-electron chi connectivity index (χ2n) is 6.51. The molecule has 5 nitrogen and oxygen atoms in total. The van der Waals surface area contributed by atoms with Crippen LogP contribution in [0.5, 0.6) is 0 Å². The van der Waals surface area contributed by atoms with E-state index in [9.17, 15) is 14.0 Å². The SMILES string of the molecule is O=C(NC1CCSc2ccc(F)cc21)C1CCCN1C(=O)c1ccco1. The molecule has 0 saturated carbocycles. The Morgan fingerprint density at radius 2 is 2.15 bits per heavy atom. The van der Waals surface area contributed by atoms with Crippen LogP contribution in [0.3, 0.4) is 0 Å². The van der Waals surface area contributed by atoms with Gasteiger partial charge in [-0.1, -0.05) is 0 Å². The molecule has 1 aromatic heterocycles. The number of hydrogen-bond donors (Lipinski definition) is 1. The third kappa shape index (κ3) is 3.23. The van der Waals surface area contributed by atoms with Gasteiger partial charge in [0.05, 0.1) is 12.3 Å². The second-order valence-corrected chi connectivity index (χ2v) is 7.65. The number of carbonyl (C=O) groups excluding carboxylic acids is 2. The van der Waals surface area contributed by atoms with Gasteiger partial charge in [-0.3, -0.25) is 9.59 Å². The van der Waals surface area contributed by atoms with Gasteiger partial charge in [0.1, 0.15) is 11.9 Å². The molecule has 1 saturated heterocycles. The number of halogens is 1. The smallest absolute Gasteiger partial charge is 0.290 e. The maximum atomic E-state index is 13.6. The highest BCUT2D eigenvalue weighted by Crippen LogP contribution is 2.36. The van der Waals surface area contributed by atoms with Crippen molar-refractivity contribution in [3.05, 3.63) is 53.7 Å². The van der Waals surface area contributed by atoms with Crippen LogP contribution in [0.4, 0.5) is 4.39 Å². The summed E-state index contributed by atoms with van der Waals surface area (Å²) in [4.78, 5) is 28.0. The Balaban J connectivity index is 1.50. The third-order valence-electron chi connectivity index (χ3n) is 4.88. The maximum absolute atomic E-state index is 13.6. The van der Waals surface area contributed by atoms with E-state index in [2.05, 4.69) is 5.32 Å². The van der Waals surface area contributed by atoms with Crippen LogP contribution < -0.4 is 5.32 Å². The number of hydrogen-bond acceptors (Lipinski definition) is 4. The van der Waals surface area contributed by atoms with Crippen LogP contribution in [0.15, 0.2) is 45.9 Å². The summed E-state index contributed by atoms with van der Waals surface area (Å²) in [6.07, 6.45) is 3.58. The van der Waals surface area contributed by atoms with Crippen molar-refractivity contribution >= 4 is 23.6 Å². The Morgan fingerprint density at radius 1 is 1.27 bits per heavy atom. The first-order valence-electron chi connectivity index (χ1n) is 8.70. The molecule has 2 aromatic rings. The van der Waals surface area contributed by atoms with E-state index >= 15 is 0 Å². The summed E-state index contributed by atoms with van der Waals surface area (Å²) in [5.41, 5.74) is 0.816. The average molecular weight is 374 g/mol. The largest absolute Gasteiger partial charge is 0.459 e. The first kappa shape index (κ1) is 17.1. The molecule has 7 heteroatoms. The maximum Gasteiger partial charge on any atom is 0.290 e. The van der Waals surface area contributed by atoms with Crippen molar-refractivity contribution in [2.24, 2.45) is 0 Å². The van der Waals surface area contributed by atoms with E-state index < -0.39 is 6.04 Å². The molecule has 3 heterocycles. The number of likely N-dealkylation sites (tertiary alicyclic amines) is 1. The van der Waals surface area contributed by atoms with Gasteiger partial charge in [0.2, 0.25) is 5.91 Å². The Labute approximate surface area is 154 Å². The lowest BCUT2D eigenvalue weighted by molar-refractivity contribution is -0.125. The quantitative estimate of drug-likeness (QED) is 0.895. The van der Waals surface area contributed by atoms with Crippen LogP contribution in [0, 0.1) is 5.82 Å². The fraction of sp³-hybridized carbons (Fsp3) is 0.368. The summed E-state index contributed by atoms with van der Waals surface area (Å²) < 4.78 is 18.8. The minimum atomic E-state index is -0.515. The minimum absolute atomic E-state index is 0.186. The molecule has 0 radical (unpaired) electrons. The van der Waals surface area contributed by atoms with Gasteiger partial charge < -0.3 is 14.6 Å². The van der Waals surface area contributed by atoms with Gasteiger partial charge in [-0.15, -0.1) is 11.8 Å². The first-order valence-corrected chi connectivity index (χ1v) is 9.69. The summed E-state index contributed by atoms with van der Waals surface area (Å²) in [5, 5.41) is 3.03. The fourth-order valence-corrected chi connectivity index (χ4v) is 4.71. The molecular formula is C19H19FN2O3S. The second kappa shape index (κ2) is 7.15. The average Bonchev–Trinajstić information content (AvgIpc) is 3.33. The predicted molar refractivity (Wildman–Crippen MR) is 95.4 cm³/mol. The monoisotopic (exact) mass is 374 g/mol. The van der Waals surface area contributed by atoms with Gasteiger partial charge >= 0.3 is 0 Å². The van der Waals surface area contributed by atoms with E-state index in [0.717, 1.165) is 29.1 Å². The molecule has 26 heavy (non-hydrogen) atoms. The molecule has 2 aliphatic rings. The summed E-state index contributed by atoms with van der Waals surface area (Å²) in [6, 6.07) is 7.21. The summed E-state index contributed by atoms with van der Waals surface area (Å²) >= 11 is 1.67. The van der Waals surface area contributed by atoms with Gasteiger partial charge in [0, 0.05) is 17.2 Å². The molecule has 4 rings (SSSR count). The number of amides is 2. The Hall–Kier alpha value is -2.28. The standard InChI is InChI=1S/C19H19FN2O3S/c20-12-5-6-17-13(11-12)14(7-10-26-17)21-18(23)15-3-1-8-22(15)19(24)16-4-2-9-25-16/h2,4-6,9,11,14-15H,1,3,7-8,10H2,(H,21,23). The molecule has 1 N–H and O–H groups in total. The number of carbonyl (C=O) groups is 2. The number of benzene rings is 1. The van der Waals surface area contributed by atoms with E-state index in [1.807, 2.05) is 0 Å². The molecule has 1 fully saturated rings. The topological polar surface area (TPSA) is 62.6 Å². The molecule has 0 aliphatic carbocycles. The zero-order valence-corrected chi connectivity index (χ0v) is 14.9. The highest BCUT2D eigenvalue weighted by atomic mass is 32.2. The van der Waals surface area contributed by atoms with Crippen molar-refractivity contribution in [2.45, 2.75) is 36.2 Å². The number of fused-ring (bicyclic) bond motifs is 1. The Bertz CT molecular complexity index is 824. The van der Waals surface area contributed by atoms with Crippen molar-refractivity contribution in [3.8, 4) is 0 Å². The predicted octanol–water partition coefficient (Wildman–Crippen LogP) is 3.38. The molecule has 136 valence electrons. The third-order valence-corrected chi connectivity index (χ3v) is 6.00. The molecule has 2 aliphatic heterocycles. The molecule has 2 unspecified atom stereocenters. The van der Waals surface area contributed by atoms with Crippen LogP contribution in [0.1, 0.15) is 41.4 Å². The first-order chi connectivity index (χ1) is 12.6. The van der Waals surface area contributed by atoms with Crippen LogP contribution in [-0.4, -0.2) is 35.1 Å². The Morgan fingerprint density at radius 3 is 2.96 bits per heavy atom. The lowest BCUT2D eigenvalue weighted by atomic mass is 10.0. The van der Waals surface area contributed by atoms with Crippen molar-refractivity contribution < 1.29 is 18.4 Å². The number of thioether (sulfide) groups is 1. The molecule has 0 spiro atoms. The van der Waals surface area contributed by atoms with E-state index in [-0.39, 0.29) is 29.4 Å². The van der Waals surface area contributed by atoms with Gasteiger partial charge in [-0.25, -0.2) is 4.39 Å². The summed E-state index contributed by atoms with van der Waals surface area (Å²) in [6.45, 7) is 0.531. The lowest BCUT2D eigenvalue weighted by Crippen LogP contribution is -2.47. The highest BCUT2D eigenvalue weighted by Gasteiger charge is 2.36. The number of nitrogens with zero attached hydrogens (tertiary/aromatic N) is 1. The van der Waals surface area contributed by atoms with Gasteiger partial charge in [-0.05, 0) is 55.2 Å². The normalized spacial score (nSPS) is 22.1. The minimum Gasteiger partial charge on any atom is -0.459 e. The van der Waals surface area contributed by atoms with Gasteiger partial charge in [0.15, 0.2) is 5.76 Å². The number of rotatable bonds is 3. The number of nitrogens with one attached hydrogen (secondary N) is 1. The molecular weight excluding hydrogens is 355 g/mol. The summed E-state index contributed by atoms with van der Waals surface area (Å²) in [7, 11) is 0. The van der Waals surface area contributed by atoms with E-state index in [1.54, 1.807) is 34.9 Å². The highest BCUT2D eigenvalue weighted by molar-refractivity contribution is 7.99. The van der Waals surface area contributed by atoms with Crippen LogP contribution in [0.2, 0.25) is 0 Å².